The van der Waals surface area contributed by atoms with Crippen LogP contribution < -0.4 is 10.6 Å². The van der Waals surface area contributed by atoms with Gasteiger partial charge in [0.05, 0.1) is 6.54 Å². The third-order valence-corrected chi connectivity index (χ3v) is 2.77. The molecular weight excluding hydrogens is 274 g/mol. The van der Waals surface area contributed by atoms with Gasteiger partial charge in [-0.25, -0.2) is 4.98 Å². The largest absolute Gasteiger partial charge is 0.357 e. The highest BCUT2D eigenvalue weighted by Gasteiger charge is 2.10. The van der Waals surface area contributed by atoms with Crippen molar-refractivity contribution in [2.24, 2.45) is 0 Å². The summed E-state index contributed by atoms with van der Waals surface area (Å²) in [5.41, 5.74) is 0. The Morgan fingerprint density at radius 2 is 2.10 bits per heavy atom. The molecule has 0 aromatic carbocycles. The number of amides is 1. The molecule has 0 spiro atoms. The number of carbonyl (C=O) groups is 1. The maximum absolute atomic E-state index is 11.8. The van der Waals surface area contributed by atoms with E-state index in [4.69, 9.17) is 0 Å². The molecule has 112 valence electrons. The highest BCUT2D eigenvalue weighted by atomic mass is 16.2. The number of likely N-dealkylation sites (N-methyl/N-ethyl adjacent to an activating group) is 1. The third-order valence-electron chi connectivity index (χ3n) is 2.77. The van der Waals surface area contributed by atoms with Gasteiger partial charge in [-0.15, -0.1) is 0 Å². The molecule has 0 atom stereocenters. The summed E-state index contributed by atoms with van der Waals surface area (Å²) in [6, 6.07) is 0. The lowest BCUT2D eigenvalue weighted by Crippen LogP contribution is -2.32. The quantitative estimate of drug-likeness (QED) is 0.724. The van der Waals surface area contributed by atoms with E-state index in [-0.39, 0.29) is 18.4 Å². The molecule has 0 unspecified atom stereocenters. The summed E-state index contributed by atoms with van der Waals surface area (Å²) in [7, 11) is 3.43. The summed E-state index contributed by atoms with van der Waals surface area (Å²) >= 11 is 0. The molecule has 0 saturated heterocycles. The number of rotatable bonds is 6. The standard InChI is InChI=1S/C11H17N9O/c1-4-19(3)8(21)5-14-10-16-9(12-2)17-11(18-10)20-7-13-6-15-20/h6-7H,4-5H2,1-3H3,(H2,12,14,16,17,18). The maximum Gasteiger partial charge on any atom is 0.258 e. The minimum atomic E-state index is -0.0498. The van der Waals surface area contributed by atoms with Crippen molar-refractivity contribution in [1.82, 2.24) is 34.6 Å². The van der Waals surface area contributed by atoms with Gasteiger partial charge in [0.2, 0.25) is 17.8 Å². The topological polar surface area (TPSA) is 114 Å². The first-order valence-electron chi connectivity index (χ1n) is 6.40. The van der Waals surface area contributed by atoms with E-state index < -0.39 is 0 Å². The van der Waals surface area contributed by atoms with Crippen molar-refractivity contribution < 1.29 is 4.79 Å². The molecule has 0 saturated carbocycles. The summed E-state index contributed by atoms with van der Waals surface area (Å²) in [4.78, 5) is 29.7. The lowest BCUT2D eigenvalue weighted by Gasteiger charge is -2.15. The second kappa shape index (κ2) is 6.59. The van der Waals surface area contributed by atoms with Crippen LogP contribution in [0.5, 0.6) is 0 Å². The number of hydrogen-bond acceptors (Lipinski definition) is 8. The number of nitrogens with one attached hydrogen (secondary N) is 2. The van der Waals surface area contributed by atoms with E-state index in [1.807, 2.05) is 6.92 Å². The molecule has 0 aliphatic carbocycles. The monoisotopic (exact) mass is 291 g/mol. The van der Waals surface area contributed by atoms with E-state index in [1.165, 1.54) is 17.3 Å². The second-order valence-electron chi connectivity index (χ2n) is 4.13. The Balaban J connectivity index is 2.16. The highest BCUT2D eigenvalue weighted by Crippen LogP contribution is 2.07. The molecule has 0 bridgehead atoms. The van der Waals surface area contributed by atoms with Gasteiger partial charge in [0.1, 0.15) is 12.7 Å². The fourth-order valence-electron chi connectivity index (χ4n) is 1.44. The lowest BCUT2D eigenvalue weighted by molar-refractivity contribution is -0.127. The SMILES string of the molecule is CCN(C)C(=O)CNc1nc(NC)nc(-n2cncn2)n1. The first-order chi connectivity index (χ1) is 10.1. The van der Waals surface area contributed by atoms with Crippen molar-refractivity contribution in [2.45, 2.75) is 6.92 Å². The Hall–Kier alpha value is -2.78. The zero-order valence-corrected chi connectivity index (χ0v) is 12.1. The predicted molar refractivity (Wildman–Crippen MR) is 76.1 cm³/mol. The minimum absolute atomic E-state index is 0.0498. The summed E-state index contributed by atoms with van der Waals surface area (Å²) in [5, 5.41) is 9.68. The van der Waals surface area contributed by atoms with Gasteiger partial charge in [0.25, 0.3) is 5.95 Å². The van der Waals surface area contributed by atoms with Gasteiger partial charge in [-0.1, -0.05) is 0 Å². The Morgan fingerprint density at radius 1 is 1.33 bits per heavy atom. The maximum atomic E-state index is 11.8. The van der Waals surface area contributed by atoms with Crippen LogP contribution in [0.25, 0.3) is 5.95 Å². The first kappa shape index (κ1) is 14.6. The molecule has 0 radical (unpaired) electrons. The van der Waals surface area contributed by atoms with Crippen LogP contribution >= 0.6 is 0 Å². The molecule has 2 aromatic rings. The van der Waals surface area contributed by atoms with Crippen LogP contribution in [-0.4, -0.2) is 67.7 Å². The number of aromatic nitrogens is 6. The van der Waals surface area contributed by atoms with Gasteiger partial charge < -0.3 is 15.5 Å². The predicted octanol–water partition coefficient (Wildman–Crippen LogP) is -0.616. The second-order valence-corrected chi connectivity index (χ2v) is 4.13. The van der Waals surface area contributed by atoms with Crippen molar-refractivity contribution in [3.8, 4) is 5.95 Å². The van der Waals surface area contributed by atoms with Gasteiger partial charge in [-0.3, -0.25) is 4.79 Å². The Labute approximate surface area is 121 Å². The lowest BCUT2D eigenvalue weighted by atomic mass is 10.5. The number of anilines is 2. The number of carbonyl (C=O) groups excluding carboxylic acids is 1. The van der Waals surface area contributed by atoms with Gasteiger partial charge >= 0.3 is 0 Å². The van der Waals surface area contributed by atoms with E-state index in [0.717, 1.165) is 0 Å². The molecule has 2 heterocycles. The average Bonchev–Trinajstić information content (AvgIpc) is 3.05. The molecule has 10 nitrogen and oxygen atoms in total. The van der Waals surface area contributed by atoms with Crippen LogP contribution in [0.3, 0.4) is 0 Å². The molecular formula is C11H17N9O. The van der Waals surface area contributed by atoms with E-state index >= 15 is 0 Å². The van der Waals surface area contributed by atoms with Crippen molar-refractivity contribution in [3.05, 3.63) is 12.7 Å². The van der Waals surface area contributed by atoms with Crippen molar-refractivity contribution in [3.63, 3.8) is 0 Å². The zero-order valence-electron chi connectivity index (χ0n) is 12.1. The molecule has 2 rings (SSSR count). The summed E-state index contributed by atoms with van der Waals surface area (Å²) in [6.45, 7) is 2.65. The summed E-state index contributed by atoms with van der Waals surface area (Å²) < 4.78 is 1.41. The molecule has 2 aromatic heterocycles. The van der Waals surface area contributed by atoms with Crippen LogP contribution in [0.2, 0.25) is 0 Å². The fraction of sp³-hybridized carbons (Fsp3) is 0.455. The molecule has 1 amide bonds. The van der Waals surface area contributed by atoms with Gasteiger partial charge in [0.15, 0.2) is 0 Å². The van der Waals surface area contributed by atoms with Crippen molar-refractivity contribution in [2.75, 3.05) is 37.8 Å². The number of nitrogens with zero attached hydrogens (tertiary/aromatic N) is 7. The highest BCUT2D eigenvalue weighted by molar-refractivity contribution is 5.80. The molecule has 0 aliphatic heterocycles. The van der Waals surface area contributed by atoms with Gasteiger partial charge in [-0.05, 0) is 6.92 Å². The third kappa shape index (κ3) is 3.61. The van der Waals surface area contributed by atoms with E-state index in [2.05, 4.69) is 35.7 Å². The summed E-state index contributed by atoms with van der Waals surface area (Å²) in [6.07, 6.45) is 2.87. The molecule has 21 heavy (non-hydrogen) atoms. The van der Waals surface area contributed by atoms with Gasteiger partial charge in [0, 0.05) is 20.6 Å². The molecule has 2 N–H and O–H groups in total. The van der Waals surface area contributed by atoms with Crippen LogP contribution in [-0.2, 0) is 4.79 Å². The Kier molecular flexibility index (Phi) is 4.59. The molecule has 0 fully saturated rings. The minimum Gasteiger partial charge on any atom is -0.357 e. The molecule has 10 heteroatoms. The Morgan fingerprint density at radius 3 is 2.71 bits per heavy atom. The number of hydrogen-bond donors (Lipinski definition) is 2. The smallest absolute Gasteiger partial charge is 0.258 e. The van der Waals surface area contributed by atoms with Crippen LogP contribution in [0.4, 0.5) is 11.9 Å². The zero-order chi connectivity index (χ0) is 15.2. The normalized spacial score (nSPS) is 10.2. The average molecular weight is 291 g/mol. The van der Waals surface area contributed by atoms with Crippen LogP contribution in [0, 0.1) is 0 Å². The van der Waals surface area contributed by atoms with Crippen LogP contribution in [0.1, 0.15) is 6.92 Å². The Bertz CT molecular complexity index is 598. The van der Waals surface area contributed by atoms with Crippen LogP contribution in [0.15, 0.2) is 12.7 Å². The summed E-state index contributed by atoms with van der Waals surface area (Å²) in [5.74, 6) is 0.920. The van der Waals surface area contributed by atoms with Gasteiger partial charge in [-0.2, -0.15) is 24.7 Å². The van der Waals surface area contributed by atoms with E-state index in [9.17, 15) is 4.79 Å². The van der Waals surface area contributed by atoms with Crippen molar-refractivity contribution in [1.29, 1.82) is 0 Å². The van der Waals surface area contributed by atoms with E-state index in [0.29, 0.717) is 18.4 Å². The van der Waals surface area contributed by atoms with E-state index in [1.54, 1.807) is 19.0 Å². The van der Waals surface area contributed by atoms with Crippen molar-refractivity contribution >= 4 is 17.8 Å². The fourth-order valence-corrected chi connectivity index (χ4v) is 1.44. The first-order valence-corrected chi connectivity index (χ1v) is 6.40. The molecule has 0 aliphatic rings.